The first-order valence-corrected chi connectivity index (χ1v) is 9.95. The summed E-state index contributed by atoms with van der Waals surface area (Å²) in [6, 6.07) is 4.56. The minimum absolute atomic E-state index is 0.332. The molecule has 5 nitrogen and oxygen atoms in total. The molecule has 0 saturated carbocycles. The molecule has 1 saturated heterocycles. The summed E-state index contributed by atoms with van der Waals surface area (Å²) in [7, 11) is 1.90. The highest BCUT2D eigenvalue weighted by Gasteiger charge is 2.18. The molecule has 0 atom stereocenters. The summed E-state index contributed by atoms with van der Waals surface area (Å²) < 4.78 is 14.4. The summed E-state index contributed by atoms with van der Waals surface area (Å²) in [5, 5.41) is 3.32. The van der Waals surface area contributed by atoms with Gasteiger partial charge in [0.05, 0.1) is 6.54 Å². The topological polar surface area (TPSA) is 56.9 Å². The molecule has 2 heterocycles. The summed E-state index contributed by atoms with van der Waals surface area (Å²) in [5.74, 6) is 1.17. The first-order valence-electron chi connectivity index (χ1n) is 9.95. The molecule has 1 aromatic rings. The Morgan fingerprint density at radius 1 is 1.29 bits per heavy atom. The van der Waals surface area contributed by atoms with Crippen molar-refractivity contribution in [2.75, 3.05) is 39.0 Å². The van der Waals surface area contributed by atoms with Crippen LogP contribution in [0.4, 0.5) is 10.1 Å². The monoisotopic (exact) mass is 383 g/mol. The molecule has 6 heteroatoms. The lowest BCUT2D eigenvalue weighted by Gasteiger charge is -2.27. The number of nitrogens with two attached hydrogens (primary N) is 1. The van der Waals surface area contributed by atoms with Crippen molar-refractivity contribution < 1.29 is 4.39 Å². The third-order valence-electron chi connectivity index (χ3n) is 5.19. The Morgan fingerprint density at radius 3 is 2.75 bits per heavy atom. The third-order valence-corrected chi connectivity index (χ3v) is 5.19. The van der Waals surface area contributed by atoms with Gasteiger partial charge in [-0.3, -0.25) is 4.99 Å². The van der Waals surface area contributed by atoms with Crippen molar-refractivity contribution >= 4 is 17.1 Å². The molecular formula is C22H30FN5. The largest absolute Gasteiger partial charge is 0.399 e. The first-order chi connectivity index (χ1) is 13.6. The maximum absolute atomic E-state index is 14.4. The van der Waals surface area contributed by atoms with Crippen LogP contribution in [0.25, 0.3) is 5.57 Å². The number of likely N-dealkylation sites (tertiary alicyclic amines) is 1. The molecule has 1 fully saturated rings. The van der Waals surface area contributed by atoms with Gasteiger partial charge in [-0.1, -0.05) is 25.5 Å². The first kappa shape index (κ1) is 20.1. The van der Waals surface area contributed by atoms with E-state index in [0.29, 0.717) is 16.8 Å². The van der Waals surface area contributed by atoms with Crippen molar-refractivity contribution in [2.24, 2.45) is 4.99 Å². The van der Waals surface area contributed by atoms with E-state index in [1.807, 2.05) is 24.2 Å². The molecule has 0 aliphatic carbocycles. The number of amidine groups is 1. The number of anilines is 1. The van der Waals surface area contributed by atoms with E-state index in [4.69, 9.17) is 10.7 Å². The van der Waals surface area contributed by atoms with Crippen molar-refractivity contribution in [3.8, 4) is 0 Å². The number of nitrogens with one attached hydrogen (secondary N) is 1. The second-order valence-electron chi connectivity index (χ2n) is 7.28. The van der Waals surface area contributed by atoms with Crippen LogP contribution in [0.5, 0.6) is 0 Å². The molecule has 2 aliphatic rings. The number of halogens is 1. The summed E-state index contributed by atoms with van der Waals surface area (Å²) in [6.07, 6.45) is 10.7. The van der Waals surface area contributed by atoms with Crippen LogP contribution in [-0.2, 0) is 0 Å². The highest BCUT2D eigenvalue weighted by molar-refractivity contribution is 5.97. The van der Waals surface area contributed by atoms with Crippen LogP contribution in [0.2, 0.25) is 0 Å². The molecule has 2 aliphatic heterocycles. The number of nitrogens with zero attached hydrogens (tertiary/aromatic N) is 3. The number of aliphatic imine (C=N–C) groups is 1. The summed E-state index contributed by atoms with van der Waals surface area (Å²) in [5.41, 5.74) is 7.44. The normalized spacial score (nSPS) is 21.4. The van der Waals surface area contributed by atoms with Crippen LogP contribution in [0.1, 0.15) is 31.2 Å². The number of nitrogen functional groups attached to an aromatic ring is 1. The molecular weight excluding hydrogens is 353 g/mol. The SMILES string of the molecule is C=C/C(=C1/NC(=NCCN2CCCCCC2)C=CN1C)c1cc(N)ccc1F. The van der Waals surface area contributed by atoms with Crippen LogP contribution < -0.4 is 11.1 Å². The van der Waals surface area contributed by atoms with Crippen molar-refractivity contribution in [3.05, 3.63) is 60.3 Å². The molecule has 28 heavy (non-hydrogen) atoms. The van der Waals surface area contributed by atoms with Crippen LogP contribution in [0.3, 0.4) is 0 Å². The summed E-state index contributed by atoms with van der Waals surface area (Å²) >= 11 is 0. The second-order valence-corrected chi connectivity index (χ2v) is 7.28. The van der Waals surface area contributed by atoms with Gasteiger partial charge in [0.2, 0.25) is 0 Å². The van der Waals surface area contributed by atoms with E-state index in [9.17, 15) is 4.39 Å². The van der Waals surface area contributed by atoms with E-state index in [2.05, 4.69) is 16.8 Å². The van der Waals surface area contributed by atoms with Gasteiger partial charge in [-0.15, -0.1) is 0 Å². The predicted molar refractivity (Wildman–Crippen MR) is 115 cm³/mol. The van der Waals surface area contributed by atoms with Gasteiger partial charge in [-0.2, -0.15) is 0 Å². The Hall–Kier alpha value is -2.60. The molecule has 0 aromatic heterocycles. The maximum Gasteiger partial charge on any atom is 0.131 e. The quantitative estimate of drug-likeness (QED) is 0.763. The van der Waals surface area contributed by atoms with E-state index in [0.717, 1.165) is 37.8 Å². The van der Waals surface area contributed by atoms with Gasteiger partial charge < -0.3 is 20.9 Å². The van der Waals surface area contributed by atoms with Crippen molar-refractivity contribution in [3.63, 3.8) is 0 Å². The molecule has 0 amide bonds. The average Bonchev–Trinajstić information content (AvgIpc) is 2.96. The Labute approximate surface area is 167 Å². The summed E-state index contributed by atoms with van der Waals surface area (Å²) in [6.45, 7) is 7.90. The zero-order chi connectivity index (χ0) is 19.9. The fraction of sp³-hybridized carbons (Fsp3) is 0.409. The Balaban J connectivity index is 1.76. The van der Waals surface area contributed by atoms with Gasteiger partial charge in [0.15, 0.2) is 0 Å². The fourth-order valence-corrected chi connectivity index (χ4v) is 3.61. The van der Waals surface area contributed by atoms with E-state index in [1.54, 1.807) is 18.2 Å². The van der Waals surface area contributed by atoms with E-state index < -0.39 is 0 Å². The number of rotatable bonds is 5. The molecule has 3 rings (SSSR count). The van der Waals surface area contributed by atoms with Crippen molar-refractivity contribution in [1.29, 1.82) is 0 Å². The van der Waals surface area contributed by atoms with Gasteiger partial charge >= 0.3 is 0 Å². The number of benzene rings is 1. The fourth-order valence-electron chi connectivity index (χ4n) is 3.61. The predicted octanol–water partition coefficient (Wildman–Crippen LogP) is 3.59. The number of hydrogen-bond acceptors (Lipinski definition) is 4. The Bertz CT molecular complexity index is 788. The van der Waals surface area contributed by atoms with E-state index >= 15 is 0 Å². The van der Waals surface area contributed by atoms with Gasteiger partial charge in [0.25, 0.3) is 0 Å². The third kappa shape index (κ3) is 5.01. The maximum atomic E-state index is 14.4. The molecule has 0 radical (unpaired) electrons. The second kappa shape index (κ2) is 9.55. The molecule has 0 unspecified atom stereocenters. The minimum Gasteiger partial charge on any atom is -0.399 e. The lowest BCUT2D eigenvalue weighted by atomic mass is 10.0. The van der Waals surface area contributed by atoms with Gasteiger partial charge in [-0.05, 0) is 50.2 Å². The van der Waals surface area contributed by atoms with E-state index in [1.165, 1.54) is 31.7 Å². The van der Waals surface area contributed by atoms with Crippen LogP contribution in [0.15, 0.2) is 53.9 Å². The van der Waals surface area contributed by atoms with Crippen molar-refractivity contribution in [2.45, 2.75) is 25.7 Å². The molecule has 3 N–H and O–H groups in total. The number of allylic oxidation sites excluding steroid dienone is 2. The Kier molecular flexibility index (Phi) is 6.87. The minimum atomic E-state index is -0.332. The molecule has 1 aromatic carbocycles. The Morgan fingerprint density at radius 2 is 2.04 bits per heavy atom. The van der Waals surface area contributed by atoms with Crippen LogP contribution in [-0.4, -0.2) is 48.9 Å². The standard InChI is InChI=1S/C22H30FN5/c1-3-18(19-16-17(24)8-9-20(19)23)22-26-21(10-14-27(22)2)25-11-15-28-12-6-4-5-7-13-28/h3,8-10,14,16H,1,4-7,11-13,15,24H2,2H3,(H,25,26)/b22-18+. The highest BCUT2D eigenvalue weighted by Crippen LogP contribution is 2.26. The molecule has 150 valence electrons. The van der Waals surface area contributed by atoms with Crippen LogP contribution in [0, 0.1) is 5.82 Å². The van der Waals surface area contributed by atoms with Crippen molar-refractivity contribution in [1.82, 2.24) is 15.1 Å². The summed E-state index contributed by atoms with van der Waals surface area (Å²) in [4.78, 5) is 9.09. The smallest absolute Gasteiger partial charge is 0.131 e. The van der Waals surface area contributed by atoms with Gasteiger partial charge in [0, 0.05) is 36.6 Å². The number of hydrogen-bond donors (Lipinski definition) is 2. The van der Waals surface area contributed by atoms with Crippen LogP contribution >= 0.6 is 0 Å². The lowest BCUT2D eigenvalue weighted by molar-refractivity contribution is 0.293. The lowest BCUT2D eigenvalue weighted by Crippen LogP contribution is -2.35. The highest BCUT2D eigenvalue weighted by atomic mass is 19.1. The molecule has 0 bridgehead atoms. The van der Waals surface area contributed by atoms with Gasteiger partial charge in [0.1, 0.15) is 17.5 Å². The van der Waals surface area contributed by atoms with Gasteiger partial charge in [-0.25, -0.2) is 4.39 Å². The zero-order valence-electron chi connectivity index (χ0n) is 16.6. The van der Waals surface area contributed by atoms with E-state index in [-0.39, 0.29) is 5.82 Å². The molecule has 0 spiro atoms. The zero-order valence-corrected chi connectivity index (χ0v) is 16.6. The average molecular weight is 384 g/mol.